The Bertz CT molecular complexity index is 827. The molecule has 0 unspecified atom stereocenters. The minimum Gasteiger partial charge on any atom is -0.306 e. The molecule has 0 amide bonds. The Labute approximate surface area is 148 Å². The predicted molar refractivity (Wildman–Crippen MR) is 98.9 cm³/mol. The largest absolute Gasteiger partial charge is 0.306 e. The Morgan fingerprint density at radius 1 is 1.12 bits per heavy atom. The number of hydrogen-bond acceptors (Lipinski definition) is 4. The number of hydrogen-bond donors (Lipinski definition) is 0. The Morgan fingerprint density at radius 3 is 2.80 bits per heavy atom. The quantitative estimate of drug-likeness (QED) is 0.734. The summed E-state index contributed by atoms with van der Waals surface area (Å²) in [5.41, 5.74) is 4.07. The first-order chi connectivity index (χ1) is 12.3. The lowest BCUT2D eigenvalue weighted by Crippen LogP contribution is -2.34. The first kappa shape index (κ1) is 16.0. The van der Waals surface area contributed by atoms with Crippen LogP contribution in [0.4, 0.5) is 0 Å². The van der Waals surface area contributed by atoms with Gasteiger partial charge in [-0.3, -0.25) is 14.6 Å². The van der Waals surface area contributed by atoms with E-state index in [-0.39, 0.29) is 0 Å². The molecule has 0 aliphatic carbocycles. The Kier molecular flexibility index (Phi) is 4.57. The number of benzene rings is 1. The molecule has 4 rings (SSSR count). The molecule has 1 saturated heterocycles. The second kappa shape index (κ2) is 7.15. The highest BCUT2D eigenvalue weighted by molar-refractivity contribution is 5.68. The predicted octanol–water partition coefficient (Wildman–Crippen LogP) is 3.35. The van der Waals surface area contributed by atoms with E-state index in [1.807, 2.05) is 0 Å². The van der Waals surface area contributed by atoms with E-state index in [1.54, 1.807) is 18.6 Å². The molecule has 0 saturated carbocycles. The molecule has 1 aromatic carbocycles. The highest BCUT2D eigenvalue weighted by Crippen LogP contribution is 2.24. The molecule has 128 valence electrons. The van der Waals surface area contributed by atoms with Gasteiger partial charge in [-0.05, 0) is 44.5 Å². The lowest BCUT2D eigenvalue weighted by molar-refractivity contribution is 0.191. The fourth-order valence-electron chi connectivity index (χ4n) is 3.59. The van der Waals surface area contributed by atoms with E-state index in [4.69, 9.17) is 5.10 Å². The molecule has 1 aliphatic rings. The third kappa shape index (κ3) is 3.77. The number of aromatic nitrogens is 4. The van der Waals surface area contributed by atoms with Crippen LogP contribution >= 0.6 is 0 Å². The maximum Gasteiger partial charge on any atom is 0.0923 e. The summed E-state index contributed by atoms with van der Waals surface area (Å²) >= 11 is 0. The molecule has 1 aliphatic heterocycles. The summed E-state index contributed by atoms with van der Waals surface area (Å²) in [6.07, 6.45) is 9.88. The molecule has 1 fully saturated rings. The van der Waals surface area contributed by atoms with E-state index in [0.717, 1.165) is 35.6 Å². The van der Waals surface area contributed by atoms with Crippen LogP contribution < -0.4 is 0 Å². The molecule has 0 spiro atoms. The highest BCUT2D eigenvalue weighted by atomic mass is 15.3. The molecular formula is C20H23N5. The fraction of sp³-hybridized carbons (Fsp3) is 0.350. The van der Waals surface area contributed by atoms with Gasteiger partial charge in [-0.25, -0.2) is 0 Å². The average Bonchev–Trinajstić information content (AvgIpc) is 3.11. The van der Waals surface area contributed by atoms with E-state index in [1.165, 1.54) is 19.4 Å². The SMILES string of the molecule is CN1CCC[C@H](Cn2ccc(-c3cccc(-c4cnccn4)c3)n2)C1. The molecule has 0 N–H and O–H groups in total. The smallest absolute Gasteiger partial charge is 0.0923 e. The maximum absolute atomic E-state index is 4.80. The lowest BCUT2D eigenvalue weighted by Gasteiger charge is -2.29. The van der Waals surface area contributed by atoms with Crippen molar-refractivity contribution in [2.75, 3.05) is 20.1 Å². The summed E-state index contributed by atoms with van der Waals surface area (Å²) in [5.74, 6) is 0.692. The van der Waals surface area contributed by atoms with Gasteiger partial charge in [0.1, 0.15) is 0 Å². The van der Waals surface area contributed by atoms with Crippen molar-refractivity contribution in [3.8, 4) is 22.5 Å². The molecule has 2 aromatic heterocycles. The number of piperidine rings is 1. The van der Waals surface area contributed by atoms with E-state index < -0.39 is 0 Å². The lowest BCUT2D eigenvalue weighted by atomic mass is 9.99. The summed E-state index contributed by atoms with van der Waals surface area (Å²) in [5, 5.41) is 4.80. The minimum absolute atomic E-state index is 0.692. The van der Waals surface area contributed by atoms with Crippen LogP contribution in [0.2, 0.25) is 0 Å². The Balaban J connectivity index is 1.52. The fourth-order valence-corrected chi connectivity index (χ4v) is 3.59. The zero-order chi connectivity index (χ0) is 17.1. The topological polar surface area (TPSA) is 46.8 Å². The van der Waals surface area contributed by atoms with E-state index in [9.17, 15) is 0 Å². The van der Waals surface area contributed by atoms with Crippen molar-refractivity contribution in [3.63, 3.8) is 0 Å². The van der Waals surface area contributed by atoms with Crippen LogP contribution in [-0.2, 0) is 6.54 Å². The summed E-state index contributed by atoms with van der Waals surface area (Å²) in [6, 6.07) is 10.4. The van der Waals surface area contributed by atoms with Gasteiger partial charge in [-0.1, -0.05) is 18.2 Å². The van der Waals surface area contributed by atoms with Gasteiger partial charge in [-0.15, -0.1) is 0 Å². The van der Waals surface area contributed by atoms with Crippen LogP contribution in [-0.4, -0.2) is 44.8 Å². The molecule has 5 nitrogen and oxygen atoms in total. The molecule has 5 heteroatoms. The number of rotatable bonds is 4. The van der Waals surface area contributed by atoms with Crippen LogP contribution in [0.1, 0.15) is 12.8 Å². The van der Waals surface area contributed by atoms with Crippen molar-refractivity contribution in [2.45, 2.75) is 19.4 Å². The Morgan fingerprint density at radius 2 is 2.00 bits per heavy atom. The normalized spacial score (nSPS) is 18.4. The third-order valence-corrected chi connectivity index (χ3v) is 4.83. The molecular weight excluding hydrogens is 310 g/mol. The second-order valence-electron chi connectivity index (χ2n) is 6.86. The van der Waals surface area contributed by atoms with Gasteiger partial charge in [0.2, 0.25) is 0 Å². The van der Waals surface area contributed by atoms with Crippen LogP contribution in [0.15, 0.2) is 55.1 Å². The van der Waals surface area contributed by atoms with Crippen LogP contribution in [0.25, 0.3) is 22.5 Å². The minimum atomic E-state index is 0.692. The number of likely N-dealkylation sites (tertiary alicyclic amines) is 1. The zero-order valence-electron chi connectivity index (χ0n) is 14.5. The number of nitrogens with zero attached hydrogens (tertiary/aromatic N) is 5. The summed E-state index contributed by atoms with van der Waals surface area (Å²) in [6.45, 7) is 3.38. The molecule has 1 atom stereocenters. The van der Waals surface area contributed by atoms with Gasteiger partial charge in [0, 0.05) is 42.8 Å². The molecule has 0 bridgehead atoms. The molecule has 25 heavy (non-hydrogen) atoms. The van der Waals surface area contributed by atoms with Gasteiger partial charge < -0.3 is 4.90 Å². The second-order valence-corrected chi connectivity index (χ2v) is 6.86. The van der Waals surface area contributed by atoms with Gasteiger partial charge in [0.15, 0.2) is 0 Å². The van der Waals surface area contributed by atoms with Crippen LogP contribution in [0.5, 0.6) is 0 Å². The summed E-state index contributed by atoms with van der Waals surface area (Å²) < 4.78 is 2.09. The third-order valence-electron chi connectivity index (χ3n) is 4.83. The van der Waals surface area contributed by atoms with Gasteiger partial charge in [0.25, 0.3) is 0 Å². The van der Waals surface area contributed by atoms with Crippen molar-refractivity contribution in [3.05, 3.63) is 55.1 Å². The van der Waals surface area contributed by atoms with Crippen molar-refractivity contribution in [1.29, 1.82) is 0 Å². The van der Waals surface area contributed by atoms with Gasteiger partial charge >= 0.3 is 0 Å². The molecule has 0 radical (unpaired) electrons. The monoisotopic (exact) mass is 333 g/mol. The zero-order valence-corrected chi connectivity index (χ0v) is 14.5. The van der Waals surface area contributed by atoms with E-state index in [0.29, 0.717) is 5.92 Å². The average molecular weight is 333 g/mol. The van der Waals surface area contributed by atoms with Gasteiger partial charge in [0.05, 0.1) is 17.6 Å². The molecule has 3 heterocycles. The summed E-state index contributed by atoms with van der Waals surface area (Å²) in [4.78, 5) is 11.0. The summed E-state index contributed by atoms with van der Waals surface area (Å²) in [7, 11) is 2.21. The molecule has 3 aromatic rings. The Hall–Kier alpha value is -2.53. The standard InChI is InChI=1S/C20H23N5/c1-24-10-3-4-16(14-24)15-25-11-7-19(23-25)17-5-2-6-18(12-17)20-13-21-8-9-22-20/h2,5-9,11-13,16H,3-4,10,14-15H2,1H3/t16-/m0/s1. The van der Waals surface area contributed by atoms with Crippen molar-refractivity contribution < 1.29 is 0 Å². The first-order valence-corrected chi connectivity index (χ1v) is 8.87. The van der Waals surface area contributed by atoms with E-state index in [2.05, 4.69) is 63.1 Å². The van der Waals surface area contributed by atoms with Crippen molar-refractivity contribution >= 4 is 0 Å². The highest BCUT2D eigenvalue weighted by Gasteiger charge is 2.18. The van der Waals surface area contributed by atoms with Gasteiger partial charge in [-0.2, -0.15) is 5.10 Å². The van der Waals surface area contributed by atoms with E-state index >= 15 is 0 Å². The van der Waals surface area contributed by atoms with Crippen LogP contribution in [0.3, 0.4) is 0 Å². The first-order valence-electron chi connectivity index (χ1n) is 8.87. The maximum atomic E-state index is 4.80. The van der Waals surface area contributed by atoms with Crippen LogP contribution in [0, 0.1) is 5.92 Å². The van der Waals surface area contributed by atoms with Crippen molar-refractivity contribution in [1.82, 2.24) is 24.6 Å². The van der Waals surface area contributed by atoms with Crippen molar-refractivity contribution in [2.24, 2.45) is 5.92 Å².